The van der Waals surface area contributed by atoms with Gasteiger partial charge in [0.1, 0.15) is 22.8 Å². The summed E-state index contributed by atoms with van der Waals surface area (Å²) >= 11 is 3.37. The third-order valence-corrected chi connectivity index (χ3v) is 4.14. The van der Waals surface area contributed by atoms with Crippen molar-refractivity contribution in [1.82, 2.24) is 24.6 Å². The summed E-state index contributed by atoms with van der Waals surface area (Å²) in [5, 5.41) is 7.98. The Labute approximate surface area is 135 Å². The van der Waals surface area contributed by atoms with Crippen LogP contribution in [0.5, 0.6) is 0 Å². The van der Waals surface area contributed by atoms with Gasteiger partial charge in [-0.05, 0) is 29.8 Å². The van der Waals surface area contributed by atoms with Gasteiger partial charge in [0.2, 0.25) is 5.91 Å². The molecule has 1 aliphatic rings. The standard InChI is InChI=1S/C13H15BrN6O2/c1-6(2)20-8(21)4-7(13(20)22)17-11-9-10(14)18-19(3)12(9)16-5-15-11/h5-7H,4H2,1-3H3,(H,15,16,17). The van der Waals surface area contributed by atoms with Gasteiger partial charge < -0.3 is 5.32 Å². The molecule has 22 heavy (non-hydrogen) atoms. The molecule has 8 nitrogen and oxygen atoms in total. The summed E-state index contributed by atoms with van der Waals surface area (Å²) in [5.74, 6) is 0.0848. The van der Waals surface area contributed by atoms with Gasteiger partial charge in [-0.1, -0.05) is 0 Å². The van der Waals surface area contributed by atoms with Crippen molar-refractivity contribution < 1.29 is 9.59 Å². The van der Waals surface area contributed by atoms with E-state index in [1.165, 1.54) is 11.2 Å². The third kappa shape index (κ3) is 2.25. The van der Waals surface area contributed by atoms with Crippen molar-refractivity contribution in [2.75, 3.05) is 5.32 Å². The second-order valence-electron chi connectivity index (χ2n) is 5.43. The Hall–Kier alpha value is -2.03. The molecule has 1 unspecified atom stereocenters. The highest BCUT2D eigenvalue weighted by molar-refractivity contribution is 9.10. The van der Waals surface area contributed by atoms with Crippen molar-refractivity contribution in [3.8, 4) is 0 Å². The average Bonchev–Trinajstić information content (AvgIpc) is 2.88. The number of nitrogens with one attached hydrogen (secondary N) is 1. The van der Waals surface area contributed by atoms with Crippen LogP contribution in [0.4, 0.5) is 5.82 Å². The zero-order valence-electron chi connectivity index (χ0n) is 12.4. The minimum Gasteiger partial charge on any atom is -0.357 e. The number of halogens is 1. The molecule has 2 amide bonds. The quantitative estimate of drug-likeness (QED) is 0.816. The second kappa shape index (κ2) is 5.31. The zero-order valence-corrected chi connectivity index (χ0v) is 14.0. The topological polar surface area (TPSA) is 93.0 Å². The first-order valence-corrected chi connectivity index (χ1v) is 7.65. The molecule has 0 spiro atoms. The number of carbonyl (C=O) groups excluding carboxylic acids is 2. The van der Waals surface area contributed by atoms with Gasteiger partial charge in [0.05, 0.1) is 11.8 Å². The predicted molar refractivity (Wildman–Crippen MR) is 83.0 cm³/mol. The molecule has 1 aliphatic heterocycles. The highest BCUT2D eigenvalue weighted by atomic mass is 79.9. The van der Waals surface area contributed by atoms with E-state index in [1.54, 1.807) is 11.7 Å². The van der Waals surface area contributed by atoms with Crippen LogP contribution in [0.15, 0.2) is 10.9 Å². The van der Waals surface area contributed by atoms with Crippen LogP contribution in [0.1, 0.15) is 20.3 Å². The molecule has 0 bridgehead atoms. The fourth-order valence-corrected chi connectivity index (χ4v) is 3.22. The van der Waals surface area contributed by atoms with Crippen molar-refractivity contribution in [2.45, 2.75) is 32.4 Å². The van der Waals surface area contributed by atoms with Gasteiger partial charge in [0.15, 0.2) is 5.65 Å². The fourth-order valence-electron chi connectivity index (χ4n) is 2.62. The van der Waals surface area contributed by atoms with Crippen molar-refractivity contribution in [3.05, 3.63) is 10.9 Å². The molecule has 1 fully saturated rings. The average molecular weight is 367 g/mol. The van der Waals surface area contributed by atoms with E-state index >= 15 is 0 Å². The lowest BCUT2D eigenvalue weighted by atomic mass is 10.2. The molecule has 3 heterocycles. The first-order valence-electron chi connectivity index (χ1n) is 6.85. The maximum absolute atomic E-state index is 12.4. The molecule has 0 radical (unpaired) electrons. The van der Waals surface area contributed by atoms with E-state index in [0.717, 1.165) is 0 Å². The molecule has 1 atom stereocenters. The van der Waals surface area contributed by atoms with Crippen molar-refractivity contribution in [2.24, 2.45) is 7.05 Å². The summed E-state index contributed by atoms with van der Waals surface area (Å²) in [6.07, 6.45) is 1.53. The Morgan fingerprint density at radius 1 is 1.36 bits per heavy atom. The van der Waals surface area contributed by atoms with Crippen LogP contribution in [-0.4, -0.2) is 48.5 Å². The Bertz CT molecular complexity index is 771. The minimum absolute atomic E-state index is 0.125. The number of carbonyl (C=O) groups is 2. The predicted octanol–water partition coefficient (Wildman–Crippen LogP) is 1.07. The first kappa shape index (κ1) is 14.9. The maximum Gasteiger partial charge on any atom is 0.252 e. The summed E-state index contributed by atoms with van der Waals surface area (Å²) in [7, 11) is 1.77. The molecule has 0 aliphatic carbocycles. The first-order chi connectivity index (χ1) is 10.4. The second-order valence-corrected chi connectivity index (χ2v) is 6.18. The summed E-state index contributed by atoms with van der Waals surface area (Å²) in [5.41, 5.74) is 0.641. The number of aryl methyl sites for hydroxylation is 1. The number of hydrogen-bond acceptors (Lipinski definition) is 6. The molecule has 1 saturated heterocycles. The number of anilines is 1. The maximum atomic E-state index is 12.4. The molecular weight excluding hydrogens is 352 g/mol. The third-order valence-electron chi connectivity index (χ3n) is 3.59. The van der Waals surface area contributed by atoms with Gasteiger partial charge in [0, 0.05) is 13.1 Å². The molecule has 3 rings (SSSR count). The van der Waals surface area contributed by atoms with E-state index in [1.807, 2.05) is 13.8 Å². The van der Waals surface area contributed by atoms with Gasteiger partial charge >= 0.3 is 0 Å². The van der Waals surface area contributed by atoms with Gasteiger partial charge in [0.25, 0.3) is 5.91 Å². The number of rotatable bonds is 3. The summed E-state index contributed by atoms with van der Waals surface area (Å²) in [6, 6.07) is -0.762. The smallest absolute Gasteiger partial charge is 0.252 e. The van der Waals surface area contributed by atoms with Crippen LogP contribution >= 0.6 is 15.9 Å². The monoisotopic (exact) mass is 366 g/mol. The van der Waals surface area contributed by atoms with E-state index in [2.05, 4.69) is 36.3 Å². The number of imide groups is 1. The van der Waals surface area contributed by atoms with E-state index in [-0.39, 0.29) is 24.3 Å². The van der Waals surface area contributed by atoms with E-state index in [9.17, 15) is 9.59 Å². The number of fused-ring (bicyclic) bond motifs is 1. The highest BCUT2D eigenvalue weighted by Gasteiger charge is 2.40. The normalized spacial score (nSPS) is 18.8. The SMILES string of the molecule is CC(C)N1C(=O)CC(Nc2ncnc3c2c(Br)nn3C)C1=O. The minimum atomic E-state index is -0.611. The Morgan fingerprint density at radius 3 is 2.73 bits per heavy atom. The van der Waals surface area contributed by atoms with Crippen molar-refractivity contribution in [1.29, 1.82) is 0 Å². The lowest BCUT2D eigenvalue weighted by Gasteiger charge is -2.19. The van der Waals surface area contributed by atoms with Crippen LogP contribution < -0.4 is 5.32 Å². The lowest BCUT2D eigenvalue weighted by Crippen LogP contribution is -2.39. The fraction of sp³-hybridized carbons (Fsp3) is 0.462. The molecule has 2 aromatic heterocycles. The highest BCUT2D eigenvalue weighted by Crippen LogP contribution is 2.28. The Balaban J connectivity index is 1.95. The summed E-state index contributed by atoms with van der Waals surface area (Å²) in [6.45, 7) is 3.64. The number of hydrogen-bond donors (Lipinski definition) is 1. The number of likely N-dealkylation sites (tertiary alicyclic amines) is 1. The number of aromatic nitrogens is 4. The summed E-state index contributed by atoms with van der Waals surface area (Å²) in [4.78, 5) is 34.0. The van der Waals surface area contributed by atoms with Crippen LogP contribution in [0.2, 0.25) is 0 Å². The van der Waals surface area contributed by atoms with Gasteiger partial charge in [-0.15, -0.1) is 0 Å². The van der Waals surface area contributed by atoms with Crippen LogP contribution in [0.25, 0.3) is 11.0 Å². The number of nitrogens with zero attached hydrogens (tertiary/aromatic N) is 5. The number of amides is 2. The van der Waals surface area contributed by atoms with E-state index < -0.39 is 6.04 Å². The summed E-state index contributed by atoms with van der Waals surface area (Å²) < 4.78 is 2.21. The molecule has 0 saturated carbocycles. The Kier molecular flexibility index (Phi) is 3.59. The van der Waals surface area contributed by atoms with E-state index in [4.69, 9.17) is 0 Å². The lowest BCUT2D eigenvalue weighted by molar-refractivity contribution is -0.140. The van der Waals surface area contributed by atoms with E-state index in [0.29, 0.717) is 21.5 Å². The molecule has 1 N–H and O–H groups in total. The van der Waals surface area contributed by atoms with Crippen LogP contribution in [-0.2, 0) is 16.6 Å². The van der Waals surface area contributed by atoms with Crippen molar-refractivity contribution >= 4 is 44.6 Å². The van der Waals surface area contributed by atoms with Gasteiger partial charge in [-0.3, -0.25) is 14.5 Å². The van der Waals surface area contributed by atoms with Crippen LogP contribution in [0, 0.1) is 0 Å². The largest absolute Gasteiger partial charge is 0.357 e. The van der Waals surface area contributed by atoms with Gasteiger partial charge in [-0.2, -0.15) is 5.10 Å². The van der Waals surface area contributed by atoms with Gasteiger partial charge in [-0.25, -0.2) is 14.6 Å². The van der Waals surface area contributed by atoms with Crippen molar-refractivity contribution in [3.63, 3.8) is 0 Å². The molecule has 116 valence electrons. The Morgan fingerprint density at radius 2 is 2.09 bits per heavy atom. The molecular formula is C13H15BrN6O2. The zero-order chi connectivity index (χ0) is 16.0. The molecule has 0 aromatic carbocycles. The van der Waals surface area contributed by atoms with Crippen LogP contribution in [0.3, 0.4) is 0 Å². The molecule has 9 heteroatoms. The molecule has 2 aromatic rings.